The summed E-state index contributed by atoms with van der Waals surface area (Å²) in [6.45, 7) is 8.38. The van der Waals surface area contributed by atoms with E-state index in [1.807, 2.05) is 45.2 Å². The number of carbonyl (C=O) groups is 1. The molecule has 2 amide bonds. The van der Waals surface area contributed by atoms with Gasteiger partial charge in [0.15, 0.2) is 5.82 Å². The zero-order valence-corrected chi connectivity index (χ0v) is 15.5. The molecule has 134 valence electrons. The van der Waals surface area contributed by atoms with Crippen LogP contribution < -0.4 is 5.32 Å². The Balaban J connectivity index is 1.64. The summed E-state index contributed by atoms with van der Waals surface area (Å²) in [4.78, 5) is 18.6. The van der Waals surface area contributed by atoms with Gasteiger partial charge in [0.2, 0.25) is 0 Å². The van der Waals surface area contributed by atoms with Crippen molar-refractivity contribution in [2.75, 3.05) is 12.4 Å². The number of nitrogens with zero attached hydrogens (tertiary/aromatic N) is 3. The first-order chi connectivity index (χ1) is 11.8. The van der Waals surface area contributed by atoms with E-state index in [0.717, 1.165) is 11.3 Å². The second-order valence-electron chi connectivity index (χ2n) is 7.56. The number of urea groups is 1. The number of nitrogens with one attached hydrogen (secondary N) is 1. The SMILES string of the molecule is CC(C)c1noc(-c2ccc(NC(=O)N(C)C(C)C3(C)CC3)cc2)n1. The highest BCUT2D eigenvalue weighted by molar-refractivity contribution is 5.89. The molecule has 0 radical (unpaired) electrons. The molecule has 1 heterocycles. The lowest BCUT2D eigenvalue weighted by atomic mass is 10.00. The third-order valence-corrected chi connectivity index (χ3v) is 5.29. The fourth-order valence-electron chi connectivity index (χ4n) is 2.75. The summed E-state index contributed by atoms with van der Waals surface area (Å²) in [5, 5.41) is 6.92. The van der Waals surface area contributed by atoms with Gasteiger partial charge < -0.3 is 14.7 Å². The van der Waals surface area contributed by atoms with E-state index in [1.54, 1.807) is 4.90 Å². The average Bonchev–Trinajstić information content (AvgIpc) is 3.15. The number of amides is 2. The predicted octanol–water partition coefficient (Wildman–Crippen LogP) is 4.51. The van der Waals surface area contributed by atoms with Crippen LogP contribution in [-0.4, -0.2) is 34.2 Å². The fraction of sp³-hybridized carbons (Fsp3) is 0.526. The van der Waals surface area contributed by atoms with Crippen LogP contribution in [0.1, 0.15) is 52.3 Å². The van der Waals surface area contributed by atoms with Crippen LogP contribution in [0.15, 0.2) is 28.8 Å². The monoisotopic (exact) mass is 342 g/mol. The summed E-state index contributed by atoms with van der Waals surface area (Å²) >= 11 is 0. The summed E-state index contributed by atoms with van der Waals surface area (Å²) in [5.41, 5.74) is 1.85. The van der Waals surface area contributed by atoms with Gasteiger partial charge in [0.1, 0.15) is 0 Å². The van der Waals surface area contributed by atoms with E-state index in [0.29, 0.717) is 11.7 Å². The molecule has 1 fully saturated rings. The van der Waals surface area contributed by atoms with Crippen molar-refractivity contribution in [2.45, 2.75) is 52.5 Å². The Kier molecular flexibility index (Phi) is 4.54. The summed E-state index contributed by atoms with van der Waals surface area (Å²) in [7, 11) is 1.85. The van der Waals surface area contributed by atoms with Gasteiger partial charge in [-0.1, -0.05) is 25.9 Å². The molecule has 6 heteroatoms. The van der Waals surface area contributed by atoms with E-state index >= 15 is 0 Å². The van der Waals surface area contributed by atoms with Crippen LogP contribution in [0.4, 0.5) is 10.5 Å². The summed E-state index contributed by atoms with van der Waals surface area (Å²) in [5.74, 6) is 1.41. The maximum atomic E-state index is 12.4. The van der Waals surface area contributed by atoms with Crippen LogP contribution >= 0.6 is 0 Å². The molecule has 0 aliphatic heterocycles. The van der Waals surface area contributed by atoms with Crippen LogP contribution in [0, 0.1) is 5.41 Å². The van der Waals surface area contributed by atoms with Crippen LogP contribution in [0.2, 0.25) is 0 Å². The summed E-state index contributed by atoms with van der Waals surface area (Å²) in [6, 6.07) is 7.58. The predicted molar refractivity (Wildman–Crippen MR) is 97.4 cm³/mol. The van der Waals surface area contributed by atoms with Crippen molar-refractivity contribution in [3.63, 3.8) is 0 Å². The smallest absolute Gasteiger partial charge is 0.321 e. The molecule has 1 unspecified atom stereocenters. The molecule has 6 nitrogen and oxygen atoms in total. The zero-order chi connectivity index (χ0) is 18.2. The number of benzene rings is 1. The second-order valence-corrected chi connectivity index (χ2v) is 7.56. The van der Waals surface area contributed by atoms with E-state index in [1.165, 1.54) is 12.8 Å². The first-order valence-corrected chi connectivity index (χ1v) is 8.78. The van der Waals surface area contributed by atoms with E-state index < -0.39 is 0 Å². The number of anilines is 1. The van der Waals surface area contributed by atoms with Gasteiger partial charge >= 0.3 is 6.03 Å². The van der Waals surface area contributed by atoms with Crippen molar-refractivity contribution in [1.82, 2.24) is 15.0 Å². The van der Waals surface area contributed by atoms with Gasteiger partial charge in [-0.25, -0.2) is 4.79 Å². The molecule has 0 saturated heterocycles. The molecule has 3 rings (SSSR count). The van der Waals surface area contributed by atoms with E-state index in [9.17, 15) is 4.79 Å². The minimum atomic E-state index is -0.0896. The van der Waals surface area contributed by atoms with Crippen LogP contribution in [0.5, 0.6) is 0 Å². The Morgan fingerprint density at radius 1 is 1.24 bits per heavy atom. The topological polar surface area (TPSA) is 71.3 Å². The quantitative estimate of drug-likeness (QED) is 0.867. The molecule has 0 bridgehead atoms. The third-order valence-electron chi connectivity index (χ3n) is 5.29. The Bertz CT molecular complexity index is 747. The number of aromatic nitrogens is 2. The van der Waals surface area contributed by atoms with Gasteiger partial charge in [0.25, 0.3) is 5.89 Å². The van der Waals surface area contributed by atoms with Gasteiger partial charge in [-0.3, -0.25) is 0 Å². The number of hydrogen-bond donors (Lipinski definition) is 1. The highest BCUT2D eigenvalue weighted by Crippen LogP contribution is 2.49. The molecule has 1 aliphatic carbocycles. The van der Waals surface area contributed by atoms with Crippen molar-refractivity contribution in [2.24, 2.45) is 5.41 Å². The summed E-state index contributed by atoms with van der Waals surface area (Å²) < 4.78 is 5.29. The largest absolute Gasteiger partial charge is 0.334 e. The normalized spacial score (nSPS) is 16.6. The first kappa shape index (κ1) is 17.5. The fourth-order valence-corrected chi connectivity index (χ4v) is 2.75. The van der Waals surface area contributed by atoms with Crippen molar-refractivity contribution in [1.29, 1.82) is 0 Å². The highest BCUT2D eigenvalue weighted by atomic mass is 16.5. The Hall–Kier alpha value is -2.37. The lowest BCUT2D eigenvalue weighted by molar-refractivity contribution is 0.183. The van der Waals surface area contributed by atoms with Crippen molar-refractivity contribution in [3.05, 3.63) is 30.1 Å². The Morgan fingerprint density at radius 2 is 1.88 bits per heavy atom. The standard InChI is InChI=1S/C19H26N4O2/c1-12(2)16-21-17(25-22-16)14-6-8-15(9-7-14)20-18(24)23(5)13(3)19(4)10-11-19/h6-9,12-13H,10-11H2,1-5H3,(H,20,24). The summed E-state index contributed by atoms with van der Waals surface area (Å²) in [6.07, 6.45) is 2.37. The Labute approximate surface area is 148 Å². The van der Waals surface area contributed by atoms with Gasteiger partial charge in [-0.05, 0) is 49.4 Å². The minimum absolute atomic E-state index is 0.0896. The molecule has 1 aliphatic rings. The Morgan fingerprint density at radius 3 is 2.40 bits per heavy atom. The zero-order valence-electron chi connectivity index (χ0n) is 15.5. The lowest BCUT2D eigenvalue weighted by Crippen LogP contribution is -2.42. The van der Waals surface area contributed by atoms with Crippen LogP contribution in [0.3, 0.4) is 0 Å². The molecular weight excluding hydrogens is 316 g/mol. The molecular formula is C19H26N4O2. The average molecular weight is 342 g/mol. The molecule has 2 aromatic rings. The minimum Gasteiger partial charge on any atom is -0.334 e. The molecule has 1 N–H and O–H groups in total. The van der Waals surface area contributed by atoms with Gasteiger partial charge in [0.05, 0.1) is 0 Å². The number of hydrogen-bond acceptors (Lipinski definition) is 4. The molecule has 1 atom stereocenters. The van der Waals surface area contributed by atoms with Gasteiger partial charge in [-0.2, -0.15) is 4.98 Å². The molecule has 25 heavy (non-hydrogen) atoms. The van der Waals surface area contributed by atoms with Crippen molar-refractivity contribution in [3.8, 4) is 11.5 Å². The van der Waals surface area contributed by atoms with E-state index in [2.05, 4.69) is 29.3 Å². The van der Waals surface area contributed by atoms with Crippen molar-refractivity contribution < 1.29 is 9.32 Å². The number of rotatable bonds is 5. The number of carbonyl (C=O) groups excluding carboxylic acids is 1. The maximum absolute atomic E-state index is 12.4. The molecule has 1 aromatic carbocycles. The molecule has 1 aromatic heterocycles. The molecule has 1 saturated carbocycles. The van der Waals surface area contributed by atoms with E-state index in [4.69, 9.17) is 4.52 Å². The van der Waals surface area contributed by atoms with Crippen LogP contribution in [0.25, 0.3) is 11.5 Å². The van der Waals surface area contributed by atoms with Crippen LogP contribution in [-0.2, 0) is 0 Å². The third kappa shape index (κ3) is 3.67. The van der Waals surface area contributed by atoms with Gasteiger partial charge in [0, 0.05) is 30.3 Å². The van der Waals surface area contributed by atoms with E-state index in [-0.39, 0.29) is 23.4 Å². The lowest BCUT2D eigenvalue weighted by Gasteiger charge is -2.30. The van der Waals surface area contributed by atoms with Crippen molar-refractivity contribution >= 4 is 11.7 Å². The van der Waals surface area contributed by atoms with Gasteiger partial charge in [-0.15, -0.1) is 0 Å². The maximum Gasteiger partial charge on any atom is 0.321 e. The molecule has 0 spiro atoms. The highest BCUT2D eigenvalue weighted by Gasteiger charge is 2.45. The first-order valence-electron chi connectivity index (χ1n) is 8.78. The second kappa shape index (κ2) is 6.50.